The summed E-state index contributed by atoms with van der Waals surface area (Å²) in [5, 5.41) is 0. The van der Waals surface area contributed by atoms with Crippen LogP contribution in [-0.2, 0) is 14.1 Å². The van der Waals surface area contributed by atoms with Crippen molar-refractivity contribution in [3.8, 4) is 44.9 Å². The molecule has 0 saturated heterocycles. The molecule has 2 heterocycles. The van der Waals surface area contributed by atoms with E-state index < -0.39 is 0 Å². The largest absolute Gasteiger partial charge is 0.278 e. The van der Waals surface area contributed by atoms with Gasteiger partial charge in [-0.2, -0.15) is 9.13 Å². The number of benzene rings is 3. The minimum atomic E-state index is 1.18. The van der Waals surface area contributed by atoms with Crippen molar-refractivity contribution in [3.63, 3.8) is 0 Å². The van der Waals surface area contributed by atoms with Gasteiger partial charge in [0.25, 0.3) is 11.4 Å². The third-order valence-corrected chi connectivity index (χ3v) is 6.65. The van der Waals surface area contributed by atoms with Crippen molar-refractivity contribution in [2.75, 3.05) is 0 Å². The molecule has 0 N–H and O–H groups in total. The summed E-state index contributed by atoms with van der Waals surface area (Å²) in [5.74, 6) is 0. The van der Waals surface area contributed by atoms with Crippen LogP contribution in [0.1, 0.15) is 11.1 Å². The van der Waals surface area contributed by atoms with E-state index in [1.54, 1.807) is 0 Å². The van der Waals surface area contributed by atoms with Gasteiger partial charge in [-0.3, -0.25) is 0 Å². The van der Waals surface area contributed by atoms with E-state index in [0.717, 1.165) is 0 Å². The van der Waals surface area contributed by atoms with Gasteiger partial charge in [-0.1, -0.05) is 72.3 Å². The zero-order valence-electron chi connectivity index (χ0n) is 20.3. The molecule has 3 aromatic carbocycles. The fraction of sp³-hybridized carbons (Fsp3) is 0.125. The summed E-state index contributed by atoms with van der Waals surface area (Å²) in [6.45, 7) is 4.30. The molecule has 0 aliphatic carbocycles. The Hall–Kier alpha value is -4.04. The van der Waals surface area contributed by atoms with Crippen molar-refractivity contribution in [1.82, 2.24) is 0 Å². The van der Waals surface area contributed by atoms with E-state index in [0.29, 0.717) is 0 Å². The van der Waals surface area contributed by atoms with Gasteiger partial charge in [0.05, 0.1) is 0 Å². The average Bonchev–Trinajstić information content (AvgIpc) is 2.86. The highest BCUT2D eigenvalue weighted by atomic mass is 15.0. The van der Waals surface area contributed by atoms with Gasteiger partial charge in [0, 0.05) is 29.8 Å². The smallest absolute Gasteiger partial charge is 0.196 e. The lowest BCUT2D eigenvalue weighted by Crippen LogP contribution is -2.40. The maximum Gasteiger partial charge on any atom is 0.278 e. The second-order valence-electron chi connectivity index (χ2n) is 9.03. The average molecular weight is 443 g/mol. The molecule has 34 heavy (non-hydrogen) atoms. The lowest BCUT2D eigenvalue weighted by atomic mass is 9.96. The highest BCUT2D eigenvalue weighted by Gasteiger charge is 2.25. The molecule has 2 aromatic heterocycles. The fourth-order valence-corrected chi connectivity index (χ4v) is 4.58. The monoisotopic (exact) mass is 442 g/mol. The summed E-state index contributed by atoms with van der Waals surface area (Å²) in [6, 6.07) is 37.2. The van der Waals surface area contributed by atoms with Crippen LogP contribution in [0.15, 0.2) is 109 Å². The van der Waals surface area contributed by atoms with E-state index in [2.05, 4.69) is 146 Å². The normalized spacial score (nSPS) is 10.9. The summed E-state index contributed by atoms with van der Waals surface area (Å²) in [5.41, 5.74) is 12.3. The molecule has 0 fully saturated rings. The summed E-state index contributed by atoms with van der Waals surface area (Å²) in [4.78, 5) is 0. The summed E-state index contributed by atoms with van der Waals surface area (Å²) in [7, 11) is 4.26. The van der Waals surface area contributed by atoms with Gasteiger partial charge in [0.15, 0.2) is 6.20 Å². The standard InChI is InChI=1S/C32H30N2/c1-23-12-14-25(15-13-23)26-16-18-27(19-17-26)28-21-31(29-10-6-5-9-24(29)2)34(4)32(22-28)30-11-7-8-20-33(30)3/h5-22H,1-4H3/q+2. The molecule has 0 saturated carbocycles. The minimum absolute atomic E-state index is 1.18. The molecule has 166 valence electrons. The first kappa shape index (κ1) is 21.8. The third-order valence-electron chi connectivity index (χ3n) is 6.65. The summed E-state index contributed by atoms with van der Waals surface area (Å²) in [6.07, 6.45) is 2.10. The van der Waals surface area contributed by atoms with E-state index in [-0.39, 0.29) is 0 Å². The van der Waals surface area contributed by atoms with E-state index in [9.17, 15) is 0 Å². The first-order valence-electron chi connectivity index (χ1n) is 11.7. The Balaban J connectivity index is 1.67. The highest BCUT2D eigenvalue weighted by Crippen LogP contribution is 2.31. The number of hydrogen-bond acceptors (Lipinski definition) is 0. The van der Waals surface area contributed by atoms with Gasteiger partial charge in [0.1, 0.15) is 14.1 Å². The molecular weight excluding hydrogens is 412 g/mol. The fourth-order valence-electron chi connectivity index (χ4n) is 4.58. The van der Waals surface area contributed by atoms with E-state index in [4.69, 9.17) is 0 Å². The van der Waals surface area contributed by atoms with Crippen LogP contribution in [0.5, 0.6) is 0 Å². The molecule has 5 rings (SSSR count). The van der Waals surface area contributed by atoms with E-state index in [1.165, 1.54) is 56.0 Å². The van der Waals surface area contributed by atoms with Crippen LogP contribution in [0.4, 0.5) is 0 Å². The summed E-state index contributed by atoms with van der Waals surface area (Å²) >= 11 is 0. The predicted molar refractivity (Wildman–Crippen MR) is 140 cm³/mol. The Morgan fingerprint density at radius 2 is 1.06 bits per heavy atom. The van der Waals surface area contributed by atoms with Crippen LogP contribution in [0.3, 0.4) is 0 Å². The van der Waals surface area contributed by atoms with Crippen LogP contribution in [-0.4, -0.2) is 0 Å². The molecule has 0 amide bonds. The highest BCUT2D eigenvalue weighted by molar-refractivity contribution is 5.75. The number of rotatable bonds is 4. The van der Waals surface area contributed by atoms with Crippen molar-refractivity contribution >= 4 is 0 Å². The number of aromatic nitrogens is 2. The van der Waals surface area contributed by atoms with Gasteiger partial charge in [0.2, 0.25) is 5.69 Å². The summed E-state index contributed by atoms with van der Waals surface area (Å²) < 4.78 is 4.49. The van der Waals surface area contributed by atoms with Crippen molar-refractivity contribution in [3.05, 3.63) is 120 Å². The molecule has 2 heteroatoms. The Kier molecular flexibility index (Phi) is 5.81. The zero-order chi connectivity index (χ0) is 23.7. The predicted octanol–water partition coefficient (Wildman–Crippen LogP) is 6.62. The molecule has 0 spiro atoms. The van der Waals surface area contributed by atoms with E-state index >= 15 is 0 Å². The number of hydrogen-bond donors (Lipinski definition) is 0. The maximum absolute atomic E-state index is 2.32. The van der Waals surface area contributed by atoms with Crippen molar-refractivity contribution in [1.29, 1.82) is 0 Å². The van der Waals surface area contributed by atoms with Crippen molar-refractivity contribution in [2.45, 2.75) is 13.8 Å². The van der Waals surface area contributed by atoms with Crippen LogP contribution in [0.25, 0.3) is 44.9 Å². The second kappa shape index (κ2) is 9.07. The van der Waals surface area contributed by atoms with Crippen LogP contribution in [0, 0.1) is 13.8 Å². The molecule has 2 nitrogen and oxygen atoms in total. The van der Waals surface area contributed by atoms with Gasteiger partial charge in [-0.15, -0.1) is 0 Å². The number of nitrogens with zero attached hydrogens (tertiary/aromatic N) is 2. The molecule has 0 aliphatic rings. The SMILES string of the molecule is Cc1ccc(-c2ccc(-c3cc(-c4ccccc4C)[n+](C)c(-c4cccc[n+]4C)c3)cc2)cc1. The molecule has 0 radical (unpaired) electrons. The molecular formula is C32H30N2+2. The molecule has 0 unspecified atom stereocenters. The van der Waals surface area contributed by atoms with Crippen molar-refractivity contribution in [2.24, 2.45) is 14.1 Å². The number of pyridine rings is 2. The van der Waals surface area contributed by atoms with Crippen molar-refractivity contribution < 1.29 is 9.13 Å². The topological polar surface area (TPSA) is 7.76 Å². The Labute approximate surface area is 202 Å². The van der Waals surface area contributed by atoms with Gasteiger partial charge < -0.3 is 0 Å². The zero-order valence-corrected chi connectivity index (χ0v) is 20.3. The van der Waals surface area contributed by atoms with Crippen LogP contribution in [0.2, 0.25) is 0 Å². The Bertz CT molecular complexity index is 1400. The van der Waals surface area contributed by atoms with Crippen LogP contribution >= 0.6 is 0 Å². The van der Waals surface area contributed by atoms with Gasteiger partial charge in [-0.25, -0.2) is 0 Å². The molecule has 0 aliphatic heterocycles. The quantitative estimate of drug-likeness (QED) is 0.276. The lowest BCUT2D eigenvalue weighted by molar-refractivity contribution is -0.685. The first-order valence-corrected chi connectivity index (χ1v) is 11.7. The Morgan fingerprint density at radius 1 is 0.500 bits per heavy atom. The van der Waals surface area contributed by atoms with E-state index in [1.807, 2.05) is 0 Å². The van der Waals surface area contributed by atoms with Gasteiger partial charge >= 0.3 is 0 Å². The minimum Gasteiger partial charge on any atom is -0.196 e. The lowest BCUT2D eigenvalue weighted by Gasteiger charge is -2.11. The second-order valence-corrected chi connectivity index (χ2v) is 9.03. The third kappa shape index (κ3) is 4.15. The first-order chi connectivity index (χ1) is 16.5. The number of aryl methyl sites for hydroxylation is 3. The maximum atomic E-state index is 2.32. The molecule has 5 aromatic rings. The van der Waals surface area contributed by atoms with Crippen LogP contribution < -0.4 is 9.13 Å². The van der Waals surface area contributed by atoms with Gasteiger partial charge in [-0.05, 0) is 53.8 Å². The molecule has 0 atom stereocenters. The molecule has 0 bridgehead atoms. The Morgan fingerprint density at radius 3 is 1.71 bits per heavy atom.